The van der Waals surface area contributed by atoms with Crippen LogP contribution in [0, 0.1) is 0 Å². The lowest BCUT2D eigenvalue weighted by atomic mass is 9.97. The molecule has 1 aliphatic rings. The Morgan fingerprint density at radius 3 is 2.17 bits per heavy atom. The van der Waals surface area contributed by atoms with Crippen molar-refractivity contribution in [3.8, 4) is 17.0 Å². The van der Waals surface area contributed by atoms with Crippen LogP contribution in [-0.4, -0.2) is 9.97 Å². The first kappa shape index (κ1) is 13.3. The maximum absolute atomic E-state index is 6.29. The van der Waals surface area contributed by atoms with Crippen LogP contribution in [0.2, 0.25) is 0 Å². The van der Waals surface area contributed by atoms with Gasteiger partial charge in [-0.2, -0.15) is 0 Å². The van der Waals surface area contributed by atoms with Crippen LogP contribution in [-0.2, 0) is 0 Å². The van der Waals surface area contributed by atoms with E-state index in [1.807, 2.05) is 66.7 Å². The lowest BCUT2D eigenvalue weighted by molar-refractivity contribution is 0.238. The van der Waals surface area contributed by atoms with Gasteiger partial charge in [0.05, 0.1) is 11.0 Å². The standard InChI is InChI=1S/C21H14N2O/c1-2-8-14(9-3-1)21-20-19(15-10-4-7-13-18(15)24-21)22-16-11-5-6-12-17(16)23-20/h1-13,21H. The Bertz CT molecular complexity index is 1040. The van der Waals surface area contributed by atoms with Crippen molar-refractivity contribution in [2.24, 2.45) is 0 Å². The monoisotopic (exact) mass is 310 g/mol. The second-order valence-corrected chi connectivity index (χ2v) is 5.85. The molecular weight excluding hydrogens is 296 g/mol. The summed E-state index contributed by atoms with van der Waals surface area (Å²) in [6, 6.07) is 26.2. The van der Waals surface area contributed by atoms with E-state index in [1.165, 1.54) is 0 Å². The third-order valence-electron chi connectivity index (χ3n) is 4.34. The lowest BCUT2D eigenvalue weighted by Crippen LogP contribution is -2.18. The minimum atomic E-state index is -0.242. The molecule has 3 nitrogen and oxygen atoms in total. The summed E-state index contributed by atoms with van der Waals surface area (Å²) in [5.41, 5.74) is 5.65. The van der Waals surface area contributed by atoms with Gasteiger partial charge in [-0.25, -0.2) is 9.97 Å². The molecule has 0 bridgehead atoms. The molecule has 0 N–H and O–H groups in total. The van der Waals surface area contributed by atoms with Crippen LogP contribution in [0.1, 0.15) is 17.4 Å². The van der Waals surface area contributed by atoms with E-state index >= 15 is 0 Å². The number of benzene rings is 3. The third kappa shape index (κ3) is 1.98. The molecule has 2 heterocycles. The van der Waals surface area contributed by atoms with E-state index in [1.54, 1.807) is 0 Å². The van der Waals surface area contributed by atoms with E-state index in [0.717, 1.165) is 39.3 Å². The number of rotatable bonds is 1. The summed E-state index contributed by atoms with van der Waals surface area (Å²) in [7, 11) is 0. The molecular formula is C21H14N2O. The van der Waals surface area contributed by atoms with Crippen molar-refractivity contribution in [3.63, 3.8) is 0 Å². The highest BCUT2D eigenvalue weighted by molar-refractivity contribution is 5.81. The van der Waals surface area contributed by atoms with E-state index in [-0.39, 0.29) is 6.10 Å². The Morgan fingerprint density at radius 2 is 1.33 bits per heavy atom. The average molecular weight is 310 g/mol. The van der Waals surface area contributed by atoms with E-state index in [2.05, 4.69) is 12.1 Å². The molecule has 0 amide bonds. The van der Waals surface area contributed by atoms with E-state index < -0.39 is 0 Å². The molecule has 0 radical (unpaired) electrons. The number of nitrogens with zero attached hydrogens (tertiary/aromatic N) is 2. The van der Waals surface area contributed by atoms with Crippen molar-refractivity contribution in [1.82, 2.24) is 9.97 Å². The Hall–Kier alpha value is -3.20. The highest BCUT2D eigenvalue weighted by Gasteiger charge is 2.30. The van der Waals surface area contributed by atoms with Crippen molar-refractivity contribution < 1.29 is 4.74 Å². The van der Waals surface area contributed by atoms with Gasteiger partial charge in [-0.3, -0.25) is 0 Å². The molecule has 4 aromatic rings. The summed E-state index contributed by atoms with van der Waals surface area (Å²) < 4.78 is 6.29. The van der Waals surface area contributed by atoms with Gasteiger partial charge >= 0.3 is 0 Å². The zero-order valence-corrected chi connectivity index (χ0v) is 12.9. The first-order valence-corrected chi connectivity index (χ1v) is 7.98. The van der Waals surface area contributed by atoms with Gasteiger partial charge in [0.15, 0.2) is 6.10 Å². The molecule has 1 unspecified atom stereocenters. The molecule has 114 valence electrons. The molecule has 24 heavy (non-hydrogen) atoms. The van der Waals surface area contributed by atoms with Crippen molar-refractivity contribution in [3.05, 3.63) is 90.1 Å². The Balaban J connectivity index is 1.82. The fourth-order valence-corrected chi connectivity index (χ4v) is 3.20. The van der Waals surface area contributed by atoms with Crippen molar-refractivity contribution in [2.45, 2.75) is 6.10 Å². The smallest absolute Gasteiger partial charge is 0.168 e. The maximum atomic E-state index is 6.29. The summed E-state index contributed by atoms with van der Waals surface area (Å²) in [4.78, 5) is 9.78. The molecule has 0 aliphatic carbocycles. The fourth-order valence-electron chi connectivity index (χ4n) is 3.20. The number of hydrogen-bond acceptors (Lipinski definition) is 3. The summed E-state index contributed by atoms with van der Waals surface area (Å²) in [5, 5.41) is 0. The van der Waals surface area contributed by atoms with Gasteiger partial charge in [-0.1, -0.05) is 54.6 Å². The minimum Gasteiger partial charge on any atom is -0.479 e. The number of hydrogen-bond donors (Lipinski definition) is 0. The van der Waals surface area contributed by atoms with Crippen LogP contribution in [0.3, 0.4) is 0 Å². The Kier molecular flexibility index (Phi) is 2.85. The topological polar surface area (TPSA) is 35.0 Å². The van der Waals surface area contributed by atoms with E-state index in [9.17, 15) is 0 Å². The van der Waals surface area contributed by atoms with Gasteiger partial charge in [0.25, 0.3) is 0 Å². The SMILES string of the molecule is c1ccc(C2Oc3ccccc3-c3nc4ccccc4nc32)cc1. The normalized spacial score (nSPS) is 15.4. The van der Waals surface area contributed by atoms with Gasteiger partial charge in [-0.15, -0.1) is 0 Å². The number of fused-ring (bicyclic) bond motifs is 4. The molecule has 0 fully saturated rings. The molecule has 5 rings (SSSR count). The molecule has 1 atom stereocenters. The highest BCUT2D eigenvalue weighted by atomic mass is 16.5. The maximum Gasteiger partial charge on any atom is 0.168 e. The highest BCUT2D eigenvalue weighted by Crippen LogP contribution is 2.43. The van der Waals surface area contributed by atoms with Gasteiger partial charge < -0.3 is 4.74 Å². The number of aromatic nitrogens is 2. The van der Waals surface area contributed by atoms with Crippen LogP contribution in [0.5, 0.6) is 5.75 Å². The Labute approximate surface area is 139 Å². The predicted molar refractivity (Wildman–Crippen MR) is 93.9 cm³/mol. The third-order valence-corrected chi connectivity index (χ3v) is 4.34. The van der Waals surface area contributed by atoms with Crippen LogP contribution in [0.4, 0.5) is 0 Å². The average Bonchev–Trinajstić information content (AvgIpc) is 2.66. The molecule has 1 aliphatic heterocycles. The molecule has 0 saturated carbocycles. The molecule has 3 aromatic carbocycles. The first-order valence-electron chi connectivity index (χ1n) is 7.98. The summed E-state index contributed by atoms with van der Waals surface area (Å²) in [6.45, 7) is 0. The van der Waals surface area contributed by atoms with Gasteiger partial charge in [-0.05, 0) is 29.8 Å². The van der Waals surface area contributed by atoms with Crippen molar-refractivity contribution >= 4 is 11.0 Å². The minimum absolute atomic E-state index is 0.242. The van der Waals surface area contributed by atoms with Gasteiger partial charge in [0, 0.05) is 5.56 Å². The van der Waals surface area contributed by atoms with Crippen molar-refractivity contribution in [1.29, 1.82) is 0 Å². The molecule has 0 saturated heterocycles. The summed E-state index contributed by atoms with van der Waals surface area (Å²) >= 11 is 0. The quantitative estimate of drug-likeness (QED) is 0.507. The summed E-state index contributed by atoms with van der Waals surface area (Å²) in [6.07, 6.45) is -0.242. The van der Waals surface area contributed by atoms with Crippen LogP contribution >= 0.6 is 0 Å². The molecule has 1 aromatic heterocycles. The fraction of sp³-hybridized carbons (Fsp3) is 0.0476. The lowest BCUT2D eigenvalue weighted by Gasteiger charge is -2.27. The molecule has 3 heteroatoms. The van der Waals surface area contributed by atoms with Gasteiger partial charge in [0.1, 0.15) is 17.1 Å². The zero-order valence-electron chi connectivity index (χ0n) is 12.9. The summed E-state index contributed by atoms with van der Waals surface area (Å²) in [5.74, 6) is 0.850. The van der Waals surface area contributed by atoms with Crippen LogP contribution in [0.25, 0.3) is 22.3 Å². The van der Waals surface area contributed by atoms with Gasteiger partial charge in [0.2, 0.25) is 0 Å². The largest absolute Gasteiger partial charge is 0.479 e. The van der Waals surface area contributed by atoms with E-state index in [4.69, 9.17) is 14.7 Å². The Morgan fingerprint density at radius 1 is 0.667 bits per heavy atom. The zero-order chi connectivity index (χ0) is 15.9. The van der Waals surface area contributed by atoms with Crippen molar-refractivity contribution in [2.75, 3.05) is 0 Å². The predicted octanol–water partition coefficient (Wildman–Crippen LogP) is 4.78. The number of ether oxygens (including phenoxy) is 1. The van der Waals surface area contributed by atoms with E-state index in [0.29, 0.717) is 0 Å². The first-order chi connectivity index (χ1) is 11.9. The second-order valence-electron chi connectivity index (χ2n) is 5.85. The number of para-hydroxylation sites is 3. The second kappa shape index (κ2) is 5.17. The van der Waals surface area contributed by atoms with Crippen LogP contribution in [0.15, 0.2) is 78.9 Å². The van der Waals surface area contributed by atoms with Crippen LogP contribution < -0.4 is 4.74 Å². The molecule has 0 spiro atoms.